The number of rotatable bonds is 6. The average Bonchev–Trinajstić information content (AvgIpc) is 2.33. The van der Waals surface area contributed by atoms with Crippen LogP contribution in [0.25, 0.3) is 0 Å². The molecule has 0 saturated heterocycles. The molecule has 0 aromatic carbocycles. The van der Waals surface area contributed by atoms with Crippen molar-refractivity contribution in [2.24, 2.45) is 11.8 Å². The number of ether oxygens (including phenoxy) is 1. The fourth-order valence-electron chi connectivity index (χ4n) is 2.87. The zero-order chi connectivity index (χ0) is 14.6. The number of nitrogens with one attached hydrogen (secondary N) is 1. The van der Waals surface area contributed by atoms with Crippen LogP contribution in [0.5, 0.6) is 0 Å². The molecule has 4 heteroatoms. The number of likely N-dealkylation sites (N-methyl/N-ethyl adjacent to an activating group) is 1. The number of hydrogen-bond donors (Lipinski definition) is 2. The van der Waals surface area contributed by atoms with Crippen LogP contribution in [0, 0.1) is 11.8 Å². The maximum atomic E-state index is 11.3. The predicted octanol–water partition coefficient (Wildman–Crippen LogP) is 2.67. The molecular formula is C15H29NO3. The minimum absolute atomic E-state index is 0.0424. The SMILES string of the molecule is CNC(C)(CC(C)OC1CCC(C)C(C)C1)C(=O)O. The highest BCUT2D eigenvalue weighted by molar-refractivity contribution is 5.78. The lowest BCUT2D eigenvalue weighted by Gasteiger charge is -2.35. The average molecular weight is 271 g/mol. The Bertz CT molecular complexity index is 308. The van der Waals surface area contributed by atoms with Crippen LogP contribution in [-0.4, -0.2) is 35.9 Å². The molecule has 0 aromatic heterocycles. The largest absolute Gasteiger partial charge is 0.480 e. The van der Waals surface area contributed by atoms with Crippen LogP contribution in [-0.2, 0) is 9.53 Å². The molecule has 0 bridgehead atoms. The fraction of sp³-hybridized carbons (Fsp3) is 0.933. The van der Waals surface area contributed by atoms with Gasteiger partial charge in [0.2, 0.25) is 0 Å². The molecular weight excluding hydrogens is 242 g/mol. The zero-order valence-corrected chi connectivity index (χ0v) is 12.9. The quantitative estimate of drug-likeness (QED) is 0.780. The lowest BCUT2D eigenvalue weighted by Crippen LogP contribution is -2.50. The van der Waals surface area contributed by atoms with Crippen LogP contribution in [0.15, 0.2) is 0 Å². The number of hydrogen-bond acceptors (Lipinski definition) is 3. The van der Waals surface area contributed by atoms with Gasteiger partial charge in [-0.25, -0.2) is 0 Å². The Morgan fingerprint density at radius 3 is 2.53 bits per heavy atom. The Balaban J connectivity index is 2.47. The fourth-order valence-corrected chi connectivity index (χ4v) is 2.87. The van der Waals surface area contributed by atoms with Crippen LogP contribution >= 0.6 is 0 Å². The van der Waals surface area contributed by atoms with Crippen molar-refractivity contribution >= 4 is 5.97 Å². The molecule has 5 atom stereocenters. The van der Waals surface area contributed by atoms with E-state index in [1.807, 2.05) is 6.92 Å². The van der Waals surface area contributed by atoms with Gasteiger partial charge in [-0.15, -0.1) is 0 Å². The molecule has 0 spiro atoms. The van der Waals surface area contributed by atoms with Crippen LogP contribution in [0.2, 0.25) is 0 Å². The topological polar surface area (TPSA) is 58.6 Å². The van der Waals surface area contributed by atoms with Gasteiger partial charge in [0, 0.05) is 6.42 Å². The third kappa shape index (κ3) is 4.46. The highest BCUT2D eigenvalue weighted by atomic mass is 16.5. The van der Waals surface area contributed by atoms with Gasteiger partial charge in [0.15, 0.2) is 0 Å². The Labute approximate surface area is 116 Å². The molecule has 1 aliphatic rings. The first-order valence-electron chi connectivity index (χ1n) is 7.36. The first-order chi connectivity index (χ1) is 8.78. The van der Waals surface area contributed by atoms with Gasteiger partial charge in [-0.1, -0.05) is 13.8 Å². The van der Waals surface area contributed by atoms with Crippen molar-refractivity contribution in [2.75, 3.05) is 7.05 Å². The van der Waals surface area contributed by atoms with Crippen LogP contribution in [0.3, 0.4) is 0 Å². The first kappa shape index (κ1) is 16.4. The first-order valence-corrected chi connectivity index (χ1v) is 7.36. The summed E-state index contributed by atoms with van der Waals surface area (Å²) in [5.41, 5.74) is -0.910. The van der Waals surface area contributed by atoms with E-state index in [9.17, 15) is 9.90 Å². The molecule has 0 aromatic rings. The molecule has 1 fully saturated rings. The summed E-state index contributed by atoms with van der Waals surface area (Å²) >= 11 is 0. The van der Waals surface area contributed by atoms with Crippen molar-refractivity contribution in [3.8, 4) is 0 Å². The third-order valence-electron chi connectivity index (χ3n) is 4.69. The summed E-state index contributed by atoms with van der Waals surface area (Å²) in [4.78, 5) is 11.3. The molecule has 0 heterocycles. The summed E-state index contributed by atoms with van der Waals surface area (Å²) in [5, 5.41) is 12.1. The molecule has 1 saturated carbocycles. The predicted molar refractivity (Wildman–Crippen MR) is 76.2 cm³/mol. The lowest BCUT2D eigenvalue weighted by molar-refractivity contribution is -0.146. The smallest absolute Gasteiger partial charge is 0.323 e. The molecule has 5 unspecified atom stereocenters. The van der Waals surface area contributed by atoms with Gasteiger partial charge in [0.1, 0.15) is 5.54 Å². The standard InChI is InChI=1S/C15H29NO3/c1-10-6-7-13(8-11(10)2)19-12(3)9-15(4,16-5)14(17)18/h10-13,16H,6-9H2,1-5H3,(H,17,18). The molecule has 19 heavy (non-hydrogen) atoms. The highest BCUT2D eigenvalue weighted by Gasteiger charge is 2.34. The van der Waals surface area contributed by atoms with E-state index >= 15 is 0 Å². The number of carboxylic acid groups (broad SMARTS) is 1. The number of carboxylic acids is 1. The molecule has 1 rings (SSSR count). The molecule has 1 aliphatic carbocycles. The van der Waals surface area contributed by atoms with Crippen molar-refractivity contribution < 1.29 is 14.6 Å². The van der Waals surface area contributed by atoms with Gasteiger partial charge in [0.25, 0.3) is 0 Å². The number of carbonyl (C=O) groups is 1. The molecule has 4 nitrogen and oxygen atoms in total. The van der Waals surface area contributed by atoms with Gasteiger partial charge >= 0.3 is 5.97 Å². The minimum Gasteiger partial charge on any atom is -0.480 e. The van der Waals surface area contributed by atoms with Crippen molar-refractivity contribution in [1.82, 2.24) is 5.32 Å². The second-order valence-corrected chi connectivity index (χ2v) is 6.43. The van der Waals surface area contributed by atoms with Gasteiger partial charge in [0.05, 0.1) is 12.2 Å². The van der Waals surface area contributed by atoms with E-state index < -0.39 is 11.5 Å². The van der Waals surface area contributed by atoms with E-state index in [-0.39, 0.29) is 12.2 Å². The summed E-state index contributed by atoms with van der Waals surface area (Å²) < 4.78 is 6.05. The normalized spacial score (nSPS) is 32.6. The van der Waals surface area contributed by atoms with Crippen molar-refractivity contribution in [3.63, 3.8) is 0 Å². The lowest BCUT2D eigenvalue weighted by atomic mass is 9.80. The molecule has 2 N–H and O–H groups in total. The van der Waals surface area contributed by atoms with Crippen molar-refractivity contribution in [3.05, 3.63) is 0 Å². The molecule has 0 radical (unpaired) electrons. The van der Waals surface area contributed by atoms with Crippen molar-refractivity contribution in [2.45, 2.75) is 71.1 Å². The molecule has 112 valence electrons. The van der Waals surface area contributed by atoms with E-state index in [2.05, 4.69) is 19.2 Å². The maximum Gasteiger partial charge on any atom is 0.323 e. The summed E-state index contributed by atoms with van der Waals surface area (Å²) in [7, 11) is 1.69. The number of aliphatic carboxylic acids is 1. The summed E-state index contributed by atoms with van der Waals surface area (Å²) in [6.45, 7) is 8.26. The van der Waals surface area contributed by atoms with Gasteiger partial charge in [-0.2, -0.15) is 0 Å². The van der Waals surface area contributed by atoms with E-state index in [1.165, 1.54) is 6.42 Å². The summed E-state index contributed by atoms with van der Waals surface area (Å²) in [6, 6.07) is 0. The second-order valence-electron chi connectivity index (χ2n) is 6.43. The van der Waals surface area contributed by atoms with E-state index in [0.717, 1.165) is 18.8 Å². The summed E-state index contributed by atoms with van der Waals surface area (Å²) in [6.07, 6.45) is 4.13. The Kier molecular flexibility index (Phi) is 5.81. The van der Waals surface area contributed by atoms with Crippen LogP contribution < -0.4 is 5.32 Å². The van der Waals surface area contributed by atoms with Gasteiger partial charge < -0.3 is 15.2 Å². The van der Waals surface area contributed by atoms with E-state index in [1.54, 1.807) is 14.0 Å². The second kappa shape index (κ2) is 6.71. The molecule has 0 aliphatic heterocycles. The monoisotopic (exact) mass is 271 g/mol. The van der Waals surface area contributed by atoms with E-state index in [4.69, 9.17) is 4.74 Å². The Morgan fingerprint density at radius 1 is 1.42 bits per heavy atom. The minimum atomic E-state index is -0.910. The maximum absolute atomic E-state index is 11.3. The Hall–Kier alpha value is -0.610. The third-order valence-corrected chi connectivity index (χ3v) is 4.69. The molecule has 0 amide bonds. The van der Waals surface area contributed by atoms with Gasteiger partial charge in [-0.3, -0.25) is 4.79 Å². The Morgan fingerprint density at radius 2 is 2.05 bits per heavy atom. The highest BCUT2D eigenvalue weighted by Crippen LogP contribution is 2.32. The zero-order valence-electron chi connectivity index (χ0n) is 12.9. The summed E-state index contributed by atoms with van der Waals surface area (Å²) in [5.74, 6) is 0.647. The van der Waals surface area contributed by atoms with Crippen LogP contribution in [0.1, 0.15) is 53.4 Å². The van der Waals surface area contributed by atoms with Crippen LogP contribution in [0.4, 0.5) is 0 Å². The van der Waals surface area contributed by atoms with E-state index in [0.29, 0.717) is 12.3 Å². The van der Waals surface area contributed by atoms with Crippen molar-refractivity contribution in [1.29, 1.82) is 0 Å². The van der Waals surface area contributed by atoms with Gasteiger partial charge in [-0.05, 0) is 52.0 Å².